The Labute approximate surface area is 104 Å². The third-order valence-corrected chi connectivity index (χ3v) is 2.67. The maximum absolute atomic E-state index is 11.6. The molecular weight excluding hydrogens is 220 g/mol. The van der Waals surface area contributed by atoms with Crippen molar-refractivity contribution in [2.24, 2.45) is 5.92 Å². The molecule has 0 aromatic rings. The first-order valence-electron chi connectivity index (χ1n) is 6.39. The largest absolute Gasteiger partial charge is 0.469 e. The van der Waals surface area contributed by atoms with E-state index in [1.54, 1.807) is 0 Å². The summed E-state index contributed by atoms with van der Waals surface area (Å²) >= 11 is 0. The van der Waals surface area contributed by atoms with Crippen molar-refractivity contribution in [1.29, 1.82) is 0 Å². The van der Waals surface area contributed by atoms with Crippen molar-refractivity contribution in [2.45, 2.75) is 52.4 Å². The quantitative estimate of drug-likeness (QED) is 0.462. The molecule has 1 atom stereocenters. The van der Waals surface area contributed by atoms with E-state index in [2.05, 4.69) is 11.7 Å². The van der Waals surface area contributed by atoms with E-state index in [-0.39, 0.29) is 17.9 Å². The molecule has 17 heavy (non-hydrogen) atoms. The third kappa shape index (κ3) is 7.77. The molecule has 100 valence electrons. The van der Waals surface area contributed by atoms with Gasteiger partial charge in [-0.15, -0.1) is 0 Å². The molecule has 0 amide bonds. The third-order valence-electron chi connectivity index (χ3n) is 2.67. The number of methoxy groups -OCH3 is 1. The van der Waals surface area contributed by atoms with E-state index in [1.807, 2.05) is 6.92 Å². The van der Waals surface area contributed by atoms with Crippen LogP contribution in [0.1, 0.15) is 52.4 Å². The summed E-state index contributed by atoms with van der Waals surface area (Å²) in [5.74, 6) is -0.307. The molecular formula is C13H24O4. The summed E-state index contributed by atoms with van der Waals surface area (Å²) < 4.78 is 9.59. The van der Waals surface area contributed by atoms with Crippen molar-refractivity contribution in [1.82, 2.24) is 0 Å². The Morgan fingerprint density at radius 2 is 1.82 bits per heavy atom. The molecule has 0 saturated carbocycles. The van der Waals surface area contributed by atoms with E-state index in [0.717, 1.165) is 32.1 Å². The van der Waals surface area contributed by atoms with Gasteiger partial charge in [-0.2, -0.15) is 0 Å². The Kier molecular flexibility index (Phi) is 9.49. The van der Waals surface area contributed by atoms with Crippen molar-refractivity contribution < 1.29 is 19.1 Å². The van der Waals surface area contributed by atoms with E-state index in [0.29, 0.717) is 13.0 Å². The number of hydrogen-bond acceptors (Lipinski definition) is 4. The van der Waals surface area contributed by atoms with Gasteiger partial charge in [0.15, 0.2) is 0 Å². The highest BCUT2D eigenvalue weighted by Gasteiger charge is 2.18. The Morgan fingerprint density at radius 1 is 1.12 bits per heavy atom. The second-order valence-corrected chi connectivity index (χ2v) is 4.06. The summed E-state index contributed by atoms with van der Waals surface area (Å²) in [4.78, 5) is 22.5. The lowest BCUT2D eigenvalue weighted by Gasteiger charge is -2.14. The summed E-state index contributed by atoms with van der Waals surface area (Å²) in [6.45, 7) is 4.31. The van der Waals surface area contributed by atoms with Gasteiger partial charge in [-0.3, -0.25) is 9.59 Å². The fourth-order valence-electron chi connectivity index (χ4n) is 1.75. The Bertz CT molecular complexity index is 225. The molecule has 0 spiro atoms. The average molecular weight is 244 g/mol. The van der Waals surface area contributed by atoms with E-state index >= 15 is 0 Å². The molecule has 0 aliphatic rings. The van der Waals surface area contributed by atoms with Gasteiger partial charge in [-0.1, -0.05) is 19.8 Å². The number of hydrogen-bond donors (Lipinski definition) is 0. The van der Waals surface area contributed by atoms with Crippen molar-refractivity contribution >= 4 is 11.9 Å². The normalized spacial score (nSPS) is 11.9. The minimum Gasteiger partial charge on any atom is -0.469 e. The number of unbranched alkanes of at least 4 members (excludes halogenated alkanes) is 1. The summed E-state index contributed by atoms with van der Waals surface area (Å²) in [5.41, 5.74) is 0. The van der Waals surface area contributed by atoms with Gasteiger partial charge in [-0.05, 0) is 26.2 Å². The molecule has 0 fully saturated rings. The monoisotopic (exact) mass is 244 g/mol. The van der Waals surface area contributed by atoms with Crippen LogP contribution in [0, 0.1) is 5.92 Å². The molecule has 0 aromatic carbocycles. The van der Waals surface area contributed by atoms with Crippen LogP contribution in [0.5, 0.6) is 0 Å². The average Bonchev–Trinajstić information content (AvgIpc) is 2.32. The van der Waals surface area contributed by atoms with Gasteiger partial charge in [-0.25, -0.2) is 0 Å². The Morgan fingerprint density at radius 3 is 2.35 bits per heavy atom. The molecule has 0 heterocycles. The summed E-state index contributed by atoms with van der Waals surface area (Å²) in [5, 5.41) is 0. The van der Waals surface area contributed by atoms with Crippen LogP contribution in [0.3, 0.4) is 0 Å². The second-order valence-electron chi connectivity index (χ2n) is 4.06. The molecule has 1 unspecified atom stereocenters. The maximum atomic E-state index is 11.6. The van der Waals surface area contributed by atoms with Crippen molar-refractivity contribution in [3.05, 3.63) is 0 Å². The zero-order chi connectivity index (χ0) is 13.1. The highest BCUT2D eigenvalue weighted by molar-refractivity contribution is 5.72. The molecule has 0 rings (SSSR count). The number of carbonyl (C=O) groups excluding carboxylic acids is 2. The summed E-state index contributed by atoms with van der Waals surface area (Å²) in [7, 11) is 1.39. The molecule has 0 aromatic heterocycles. The number of esters is 2. The van der Waals surface area contributed by atoms with Crippen molar-refractivity contribution in [2.75, 3.05) is 13.7 Å². The Hall–Kier alpha value is -1.06. The highest BCUT2D eigenvalue weighted by Crippen LogP contribution is 2.17. The van der Waals surface area contributed by atoms with Crippen LogP contribution in [-0.4, -0.2) is 25.7 Å². The van der Waals surface area contributed by atoms with Crippen LogP contribution < -0.4 is 0 Å². The summed E-state index contributed by atoms with van der Waals surface area (Å²) in [6, 6.07) is 0. The zero-order valence-electron chi connectivity index (χ0n) is 11.2. The predicted molar refractivity (Wildman–Crippen MR) is 65.5 cm³/mol. The van der Waals surface area contributed by atoms with E-state index < -0.39 is 0 Å². The first-order chi connectivity index (χ1) is 8.15. The number of rotatable bonds is 9. The van der Waals surface area contributed by atoms with Crippen LogP contribution in [-0.2, 0) is 19.1 Å². The van der Waals surface area contributed by atoms with Crippen LogP contribution in [0.15, 0.2) is 0 Å². The maximum Gasteiger partial charge on any atom is 0.308 e. The van der Waals surface area contributed by atoms with Gasteiger partial charge in [0.2, 0.25) is 0 Å². The first kappa shape index (κ1) is 15.9. The lowest BCUT2D eigenvalue weighted by Crippen LogP contribution is -2.17. The smallest absolute Gasteiger partial charge is 0.308 e. The minimum absolute atomic E-state index is 0.0161. The van der Waals surface area contributed by atoms with Gasteiger partial charge in [0.05, 0.1) is 19.6 Å². The van der Waals surface area contributed by atoms with E-state index in [9.17, 15) is 9.59 Å². The number of carbonyl (C=O) groups is 2. The van der Waals surface area contributed by atoms with Crippen LogP contribution in [0.25, 0.3) is 0 Å². The van der Waals surface area contributed by atoms with Crippen LogP contribution >= 0.6 is 0 Å². The lowest BCUT2D eigenvalue weighted by molar-refractivity contribution is -0.148. The molecule has 4 heteroatoms. The lowest BCUT2D eigenvalue weighted by atomic mass is 9.96. The zero-order valence-corrected chi connectivity index (χ0v) is 11.2. The SMILES string of the molecule is CCCC(CCCCC(=O)OC)C(=O)OCC. The minimum atomic E-state index is -0.187. The van der Waals surface area contributed by atoms with Gasteiger partial charge in [0.1, 0.15) is 0 Å². The second kappa shape index (κ2) is 10.1. The van der Waals surface area contributed by atoms with Crippen LogP contribution in [0.4, 0.5) is 0 Å². The standard InChI is InChI=1S/C13H24O4/c1-4-8-11(13(15)17-5-2)9-6-7-10-12(14)16-3/h11H,4-10H2,1-3H3. The molecule has 4 nitrogen and oxygen atoms in total. The van der Waals surface area contributed by atoms with E-state index in [4.69, 9.17) is 4.74 Å². The van der Waals surface area contributed by atoms with Crippen molar-refractivity contribution in [3.8, 4) is 0 Å². The number of ether oxygens (including phenoxy) is 2. The molecule has 0 N–H and O–H groups in total. The van der Waals surface area contributed by atoms with E-state index in [1.165, 1.54) is 7.11 Å². The molecule has 0 bridgehead atoms. The molecule has 0 aliphatic heterocycles. The van der Waals surface area contributed by atoms with Gasteiger partial charge < -0.3 is 9.47 Å². The molecule has 0 aliphatic carbocycles. The highest BCUT2D eigenvalue weighted by atomic mass is 16.5. The van der Waals surface area contributed by atoms with Gasteiger partial charge in [0.25, 0.3) is 0 Å². The van der Waals surface area contributed by atoms with Crippen molar-refractivity contribution in [3.63, 3.8) is 0 Å². The topological polar surface area (TPSA) is 52.6 Å². The fraction of sp³-hybridized carbons (Fsp3) is 0.846. The summed E-state index contributed by atoms with van der Waals surface area (Å²) in [6.07, 6.45) is 4.68. The van der Waals surface area contributed by atoms with Crippen LogP contribution in [0.2, 0.25) is 0 Å². The molecule has 0 radical (unpaired) electrons. The fourth-order valence-corrected chi connectivity index (χ4v) is 1.75. The predicted octanol–water partition coefficient (Wildman–Crippen LogP) is 2.70. The first-order valence-corrected chi connectivity index (χ1v) is 6.39. The van der Waals surface area contributed by atoms with Gasteiger partial charge >= 0.3 is 11.9 Å². The van der Waals surface area contributed by atoms with Gasteiger partial charge in [0, 0.05) is 6.42 Å². The molecule has 0 saturated heterocycles. The Balaban J connectivity index is 3.84.